The van der Waals surface area contributed by atoms with E-state index >= 15 is 0 Å². The Labute approximate surface area is 183 Å². The maximum absolute atomic E-state index is 12.6. The van der Waals surface area contributed by atoms with Gasteiger partial charge in [0, 0.05) is 5.56 Å². The monoisotopic (exact) mass is 436 g/mol. The lowest BCUT2D eigenvalue weighted by atomic mass is 10.1. The third kappa shape index (κ3) is 4.69. The highest BCUT2D eigenvalue weighted by molar-refractivity contribution is 8.15. The molecule has 0 aliphatic carbocycles. The number of rotatable bonds is 6. The predicted octanol–water partition coefficient (Wildman–Crippen LogP) is 4.46. The molecule has 2 amide bonds. The molecule has 31 heavy (non-hydrogen) atoms. The molecule has 2 aromatic carbocycles. The summed E-state index contributed by atoms with van der Waals surface area (Å²) in [6.45, 7) is 3.54. The summed E-state index contributed by atoms with van der Waals surface area (Å²) < 4.78 is 11.3. The number of nitrogens with one attached hydrogen (secondary N) is 1. The second-order valence-electron chi connectivity index (χ2n) is 7.16. The summed E-state index contributed by atoms with van der Waals surface area (Å²) >= 11 is 0.980. The van der Waals surface area contributed by atoms with Crippen LogP contribution in [0.1, 0.15) is 40.4 Å². The number of imide groups is 1. The van der Waals surface area contributed by atoms with Crippen LogP contribution in [0.3, 0.4) is 0 Å². The number of aromatic nitrogens is 1. The second-order valence-corrected chi connectivity index (χ2v) is 8.33. The van der Waals surface area contributed by atoms with E-state index in [9.17, 15) is 14.4 Å². The standard InChI is InChI=1S/C23H20N2O5S/c1-13-19(24-21(29-13)16-6-4-3-5-7-16)14(2)30-22(27)17-10-8-15(9-11-17)12-18-20(26)25-23(28)31-18/h3-11,14,18H,12H2,1-2H3,(H,25,26,28). The first-order valence-corrected chi connectivity index (χ1v) is 10.6. The van der Waals surface area contributed by atoms with Gasteiger partial charge in [-0.15, -0.1) is 0 Å². The highest BCUT2D eigenvalue weighted by atomic mass is 32.2. The summed E-state index contributed by atoms with van der Waals surface area (Å²) in [4.78, 5) is 40.1. The molecule has 8 heteroatoms. The van der Waals surface area contributed by atoms with E-state index in [2.05, 4.69) is 10.3 Å². The molecule has 1 aliphatic rings. The molecule has 1 saturated heterocycles. The molecule has 1 fully saturated rings. The van der Waals surface area contributed by atoms with Crippen molar-refractivity contribution in [3.63, 3.8) is 0 Å². The topological polar surface area (TPSA) is 98.5 Å². The van der Waals surface area contributed by atoms with Crippen molar-refractivity contribution >= 4 is 28.9 Å². The summed E-state index contributed by atoms with van der Waals surface area (Å²) in [6.07, 6.45) is -0.174. The van der Waals surface area contributed by atoms with Crippen LogP contribution in [0.25, 0.3) is 11.5 Å². The second kappa shape index (κ2) is 8.77. The molecule has 0 radical (unpaired) electrons. The SMILES string of the molecule is Cc1oc(-c2ccccc2)nc1C(C)OC(=O)c1ccc(CC2SC(=O)NC2=O)cc1. The van der Waals surface area contributed by atoms with E-state index < -0.39 is 17.3 Å². The van der Waals surface area contributed by atoms with Crippen molar-refractivity contribution in [3.05, 3.63) is 77.2 Å². The number of benzene rings is 2. The van der Waals surface area contributed by atoms with E-state index in [0.29, 0.717) is 29.3 Å². The summed E-state index contributed by atoms with van der Waals surface area (Å²) in [5.41, 5.74) is 2.66. The number of carbonyl (C=O) groups is 3. The number of hydrogen-bond donors (Lipinski definition) is 1. The van der Waals surface area contributed by atoms with Crippen molar-refractivity contribution in [2.45, 2.75) is 31.6 Å². The molecule has 158 valence electrons. The fraction of sp³-hybridized carbons (Fsp3) is 0.217. The van der Waals surface area contributed by atoms with E-state index in [4.69, 9.17) is 9.15 Å². The number of esters is 1. The van der Waals surface area contributed by atoms with E-state index in [0.717, 1.165) is 22.9 Å². The molecule has 7 nitrogen and oxygen atoms in total. The number of thioether (sulfide) groups is 1. The van der Waals surface area contributed by atoms with E-state index in [1.54, 1.807) is 38.1 Å². The molecule has 0 bridgehead atoms. The zero-order valence-corrected chi connectivity index (χ0v) is 17.8. The van der Waals surface area contributed by atoms with Gasteiger partial charge in [-0.1, -0.05) is 42.1 Å². The summed E-state index contributed by atoms with van der Waals surface area (Å²) in [6, 6.07) is 16.3. The zero-order chi connectivity index (χ0) is 22.0. The molecule has 4 rings (SSSR count). The highest BCUT2D eigenvalue weighted by Crippen LogP contribution is 2.28. The van der Waals surface area contributed by atoms with Crippen molar-refractivity contribution in [1.82, 2.24) is 10.3 Å². The van der Waals surface area contributed by atoms with Crippen LogP contribution in [-0.4, -0.2) is 27.3 Å². The van der Waals surface area contributed by atoms with Gasteiger partial charge >= 0.3 is 5.97 Å². The van der Waals surface area contributed by atoms with E-state index in [1.165, 1.54) is 0 Å². The van der Waals surface area contributed by atoms with Crippen LogP contribution >= 0.6 is 11.8 Å². The van der Waals surface area contributed by atoms with Gasteiger partial charge < -0.3 is 9.15 Å². The Morgan fingerprint density at radius 2 is 1.87 bits per heavy atom. The Balaban J connectivity index is 1.41. The Bertz CT molecular complexity index is 1120. The maximum atomic E-state index is 12.6. The van der Waals surface area contributed by atoms with Crippen molar-refractivity contribution in [2.24, 2.45) is 0 Å². The lowest BCUT2D eigenvalue weighted by molar-refractivity contribution is -0.118. The first-order chi connectivity index (χ1) is 14.9. The lowest BCUT2D eigenvalue weighted by Crippen LogP contribution is -2.25. The third-order valence-electron chi connectivity index (χ3n) is 4.90. The van der Waals surface area contributed by atoms with Gasteiger partial charge in [-0.05, 0) is 50.1 Å². The van der Waals surface area contributed by atoms with E-state index in [-0.39, 0.29) is 11.1 Å². The first kappa shape index (κ1) is 20.9. The molecule has 1 N–H and O–H groups in total. The smallest absolute Gasteiger partial charge is 0.338 e. The minimum atomic E-state index is -0.585. The summed E-state index contributed by atoms with van der Waals surface area (Å²) in [7, 11) is 0. The Morgan fingerprint density at radius 3 is 2.52 bits per heavy atom. The van der Waals surface area contributed by atoms with Gasteiger partial charge in [0.25, 0.3) is 5.24 Å². The molecule has 2 unspecified atom stereocenters. The van der Waals surface area contributed by atoms with Crippen LogP contribution in [-0.2, 0) is 16.0 Å². The first-order valence-electron chi connectivity index (χ1n) is 9.75. The summed E-state index contributed by atoms with van der Waals surface area (Å²) in [5, 5.41) is 1.49. The van der Waals surface area contributed by atoms with Gasteiger partial charge in [0.15, 0.2) is 0 Å². The van der Waals surface area contributed by atoms with Gasteiger partial charge in [-0.25, -0.2) is 9.78 Å². The predicted molar refractivity (Wildman–Crippen MR) is 116 cm³/mol. The Kier molecular flexibility index (Phi) is 5.90. The van der Waals surface area contributed by atoms with Crippen LogP contribution in [0.15, 0.2) is 59.0 Å². The lowest BCUT2D eigenvalue weighted by Gasteiger charge is -2.12. The minimum Gasteiger partial charge on any atom is -0.452 e. The zero-order valence-electron chi connectivity index (χ0n) is 17.0. The van der Waals surface area contributed by atoms with Crippen LogP contribution in [0.5, 0.6) is 0 Å². The average molecular weight is 436 g/mol. The normalized spacial score (nSPS) is 16.8. The fourth-order valence-corrected chi connectivity index (χ4v) is 4.15. The van der Waals surface area contributed by atoms with Crippen molar-refractivity contribution in [3.8, 4) is 11.5 Å². The number of oxazole rings is 1. The van der Waals surface area contributed by atoms with Gasteiger partial charge in [0.05, 0.1) is 10.8 Å². The number of hydrogen-bond acceptors (Lipinski definition) is 7. The fourth-order valence-electron chi connectivity index (χ4n) is 3.29. The molecule has 0 spiro atoms. The van der Waals surface area contributed by atoms with E-state index in [1.807, 2.05) is 30.3 Å². The Hall–Kier alpha value is -3.39. The van der Waals surface area contributed by atoms with Crippen LogP contribution < -0.4 is 5.32 Å². The average Bonchev–Trinajstić information content (AvgIpc) is 3.30. The van der Waals surface area contributed by atoms with Gasteiger partial charge in [-0.3, -0.25) is 14.9 Å². The maximum Gasteiger partial charge on any atom is 0.338 e. The molecular weight excluding hydrogens is 416 g/mol. The molecule has 0 saturated carbocycles. The third-order valence-corrected chi connectivity index (χ3v) is 5.88. The number of amides is 2. The molecule has 2 atom stereocenters. The molecular formula is C23H20N2O5S. The molecule has 2 heterocycles. The number of nitrogens with zero attached hydrogens (tertiary/aromatic N) is 1. The number of ether oxygens (including phenoxy) is 1. The van der Waals surface area contributed by atoms with Crippen molar-refractivity contribution in [2.75, 3.05) is 0 Å². The van der Waals surface area contributed by atoms with Gasteiger partial charge in [0.2, 0.25) is 11.8 Å². The molecule has 3 aromatic rings. The number of carbonyl (C=O) groups excluding carboxylic acids is 3. The highest BCUT2D eigenvalue weighted by Gasteiger charge is 2.31. The Morgan fingerprint density at radius 1 is 1.16 bits per heavy atom. The van der Waals surface area contributed by atoms with Crippen LogP contribution in [0.4, 0.5) is 4.79 Å². The number of aryl methyl sites for hydroxylation is 1. The summed E-state index contributed by atoms with van der Waals surface area (Å²) in [5.74, 6) is 0.306. The van der Waals surface area contributed by atoms with Gasteiger partial charge in [0.1, 0.15) is 17.6 Å². The van der Waals surface area contributed by atoms with Crippen molar-refractivity contribution in [1.29, 1.82) is 0 Å². The quantitative estimate of drug-likeness (QED) is 0.570. The largest absolute Gasteiger partial charge is 0.452 e. The van der Waals surface area contributed by atoms with Crippen LogP contribution in [0, 0.1) is 6.92 Å². The van der Waals surface area contributed by atoms with Crippen LogP contribution in [0.2, 0.25) is 0 Å². The molecule has 1 aromatic heterocycles. The minimum absolute atomic E-state index is 0.287. The van der Waals surface area contributed by atoms with Gasteiger partial charge in [-0.2, -0.15) is 0 Å². The molecule has 1 aliphatic heterocycles. The van der Waals surface area contributed by atoms with Crippen molar-refractivity contribution < 1.29 is 23.5 Å².